The summed E-state index contributed by atoms with van der Waals surface area (Å²) >= 11 is 0. The maximum absolute atomic E-state index is 14.4. The molecule has 1 aliphatic heterocycles. The summed E-state index contributed by atoms with van der Waals surface area (Å²) in [5, 5.41) is 13.9. The Kier molecular flexibility index (Phi) is 9.92. The van der Waals surface area contributed by atoms with Gasteiger partial charge in [-0.25, -0.2) is 23.1 Å². The van der Waals surface area contributed by atoms with Crippen molar-refractivity contribution in [3.05, 3.63) is 88.1 Å². The molecule has 3 N–H and O–H groups in total. The van der Waals surface area contributed by atoms with Gasteiger partial charge in [0.1, 0.15) is 27.9 Å². The molecule has 3 heterocycles. The molecular weight excluding hydrogens is 665 g/mol. The lowest BCUT2D eigenvalue weighted by Crippen LogP contribution is -2.48. The molecule has 6 rings (SSSR count). The smallest absolute Gasteiger partial charge is 0.247 e. The molecule has 3 atom stereocenters. The Morgan fingerprint density at radius 1 is 1.14 bits per heavy atom. The molecule has 1 unspecified atom stereocenters. The van der Waals surface area contributed by atoms with E-state index in [9.17, 15) is 13.2 Å². The highest BCUT2D eigenvalue weighted by Gasteiger charge is 2.50. The second-order valence-corrected chi connectivity index (χ2v) is 16.3. The summed E-state index contributed by atoms with van der Waals surface area (Å²) in [6.45, 7) is 15.5. The van der Waals surface area contributed by atoms with Crippen LogP contribution in [-0.4, -0.2) is 56.2 Å². The number of fused-ring (bicyclic) bond motifs is 2. The summed E-state index contributed by atoms with van der Waals surface area (Å²) in [4.78, 5) is 23.1. The van der Waals surface area contributed by atoms with Crippen LogP contribution in [0, 0.1) is 17.8 Å². The highest BCUT2D eigenvalue weighted by Crippen LogP contribution is 2.55. The predicted octanol–water partition coefficient (Wildman–Crippen LogP) is 4.03. The normalized spacial score (nSPS) is 20.7. The number of aryl methyl sites for hydroxylation is 2. The average molecular weight is 713 g/mol. The lowest BCUT2D eigenvalue weighted by molar-refractivity contribution is -0.126. The van der Waals surface area contributed by atoms with E-state index in [1.54, 1.807) is 36.7 Å². The minimum absolute atomic E-state index is 0.154. The number of hydrogen-bond acceptors (Lipinski definition) is 9. The van der Waals surface area contributed by atoms with Gasteiger partial charge in [0.15, 0.2) is 0 Å². The van der Waals surface area contributed by atoms with Gasteiger partial charge in [-0.2, -0.15) is 4.31 Å². The van der Waals surface area contributed by atoms with Crippen molar-refractivity contribution < 1.29 is 17.9 Å². The lowest BCUT2D eigenvalue weighted by atomic mass is 9.56. The van der Waals surface area contributed by atoms with Crippen molar-refractivity contribution in [2.24, 2.45) is 16.6 Å². The Hall–Kier alpha value is -4.46. The zero-order valence-corrected chi connectivity index (χ0v) is 31.3. The van der Waals surface area contributed by atoms with Gasteiger partial charge >= 0.3 is 0 Å². The van der Waals surface area contributed by atoms with Crippen LogP contribution in [0.25, 0.3) is 11.6 Å². The fourth-order valence-corrected chi connectivity index (χ4v) is 9.22. The van der Waals surface area contributed by atoms with Crippen LogP contribution < -0.4 is 26.5 Å². The quantitative estimate of drug-likeness (QED) is 0.248. The van der Waals surface area contributed by atoms with Gasteiger partial charge < -0.3 is 15.8 Å². The van der Waals surface area contributed by atoms with Gasteiger partial charge in [-0.15, -0.1) is 5.10 Å². The van der Waals surface area contributed by atoms with Crippen molar-refractivity contribution in [1.29, 1.82) is 0 Å². The number of carbonyl (C=O) groups excluding carboxylic acids is 1. The zero-order chi connectivity index (χ0) is 36.7. The Morgan fingerprint density at radius 2 is 1.86 bits per heavy atom. The van der Waals surface area contributed by atoms with Gasteiger partial charge in [0.2, 0.25) is 15.9 Å². The van der Waals surface area contributed by atoms with E-state index in [4.69, 9.17) is 10.5 Å². The monoisotopic (exact) mass is 712 g/mol. The third-order valence-corrected chi connectivity index (χ3v) is 12.6. The number of ether oxygens (including phenoxy) is 1. The molecule has 12 nitrogen and oxygen atoms in total. The van der Waals surface area contributed by atoms with E-state index in [0.717, 1.165) is 33.0 Å². The van der Waals surface area contributed by atoms with Crippen molar-refractivity contribution in [1.82, 2.24) is 29.3 Å². The number of nitrogens with one attached hydrogen (secondary N) is 1. The third-order valence-electron chi connectivity index (χ3n) is 10.8. The fraction of sp³-hybridized carbons (Fsp3) is 0.447. The molecular formula is C38H48N8O4S. The van der Waals surface area contributed by atoms with Gasteiger partial charge in [-0.1, -0.05) is 69.3 Å². The van der Waals surface area contributed by atoms with Gasteiger partial charge in [0, 0.05) is 24.4 Å². The lowest BCUT2D eigenvalue weighted by Gasteiger charge is -2.47. The minimum atomic E-state index is -3.87. The first-order valence-corrected chi connectivity index (χ1v) is 19.0. The molecule has 13 heteroatoms. The standard InChI is InChI=1S/C38H48N8O4S/c1-8-29-23-45(51(48,49)32-13-11-10-12-31(32)50-29)22-27-18-26(15-14-24(27)3)35(37(5,6)36(47)42-28-20-40-33(19-39)41-21-28)38(7)17-16-30-34(25(38)4)43-44-46(30)9-2/h10-16,18,20-21,29,35H,8-9,17,19,22-23,39H2,1-7H3,(H,42,47)/t29-,35-,38?/m1/s1. The number of nitrogens with zero attached hydrogens (tertiary/aromatic N) is 6. The van der Waals surface area contributed by atoms with Crippen molar-refractivity contribution in [2.75, 3.05) is 11.9 Å². The van der Waals surface area contributed by atoms with Crippen LogP contribution in [0.15, 0.2) is 59.8 Å². The van der Waals surface area contributed by atoms with E-state index < -0.39 is 20.9 Å². The Balaban J connectivity index is 1.46. The Bertz CT molecular complexity index is 2180. The molecule has 2 aromatic carbocycles. The highest BCUT2D eigenvalue weighted by molar-refractivity contribution is 7.89. The predicted molar refractivity (Wildman–Crippen MR) is 196 cm³/mol. The molecule has 51 heavy (non-hydrogen) atoms. The highest BCUT2D eigenvalue weighted by atomic mass is 32.2. The Morgan fingerprint density at radius 3 is 2.55 bits per heavy atom. The van der Waals surface area contributed by atoms with Crippen LogP contribution in [-0.2, 0) is 34.5 Å². The number of hydrogen-bond donors (Lipinski definition) is 2. The molecule has 0 radical (unpaired) electrons. The van der Waals surface area contributed by atoms with Crippen molar-refractivity contribution >= 4 is 33.3 Å². The van der Waals surface area contributed by atoms with E-state index in [1.165, 1.54) is 4.31 Å². The zero-order valence-electron chi connectivity index (χ0n) is 30.5. The van der Waals surface area contributed by atoms with Gasteiger partial charge in [-0.3, -0.25) is 4.79 Å². The van der Waals surface area contributed by atoms with Crippen LogP contribution >= 0.6 is 0 Å². The van der Waals surface area contributed by atoms with Crippen LogP contribution in [0.3, 0.4) is 0 Å². The first-order chi connectivity index (χ1) is 24.2. The van der Waals surface area contributed by atoms with Crippen molar-refractivity contribution in [3.8, 4) is 5.75 Å². The first-order valence-electron chi connectivity index (χ1n) is 17.5. The molecule has 0 saturated carbocycles. The summed E-state index contributed by atoms with van der Waals surface area (Å²) in [7, 11) is -3.87. The summed E-state index contributed by atoms with van der Waals surface area (Å²) in [5.74, 6) is 0.277. The topological polar surface area (TPSA) is 158 Å². The van der Waals surface area contributed by atoms with Crippen LogP contribution in [0.5, 0.6) is 5.75 Å². The molecule has 4 aromatic rings. The number of aromatic nitrogens is 5. The maximum atomic E-state index is 14.4. The van der Waals surface area contributed by atoms with E-state index in [2.05, 4.69) is 57.7 Å². The number of rotatable bonds is 10. The van der Waals surface area contributed by atoms with Crippen LogP contribution in [0.2, 0.25) is 0 Å². The molecule has 0 bridgehead atoms. The van der Waals surface area contributed by atoms with Crippen molar-refractivity contribution in [2.45, 2.75) is 97.9 Å². The molecule has 2 aliphatic rings. The minimum Gasteiger partial charge on any atom is -0.488 e. The first kappa shape index (κ1) is 36.3. The van der Waals surface area contributed by atoms with E-state index in [0.29, 0.717) is 36.6 Å². The number of anilines is 1. The molecule has 2 aromatic heterocycles. The number of nitrogens with two attached hydrogens (primary N) is 1. The third kappa shape index (κ3) is 6.58. The average Bonchev–Trinajstić information content (AvgIpc) is 3.50. The van der Waals surface area contributed by atoms with Gasteiger partial charge in [0.25, 0.3) is 0 Å². The van der Waals surface area contributed by atoms with E-state index in [-0.39, 0.29) is 42.5 Å². The fourth-order valence-electron chi connectivity index (χ4n) is 7.65. The Labute approximate surface area is 299 Å². The summed E-state index contributed by atoms with van der Waals surface area (Å²) in [5.41, 5.74) is 8.38. The van der Waals surface area contributed by atoms with Gasteiger partial charge in [-0.05, 0) is 68.0 Å². The van der Waals surface area contributed by atoms with Crippen LogP contribution in [0.4, 0.5) is 5.69 Å². The number of carbonyl (C=O) groups is 1. The number of sulfonamides is 1. The molecule has 0 spiro atoms. The maximum Gasteiger partial charge on any atom is 0.247 e. The summed E-state index contributed by atoms with van der Waals surface area (Å²) in [6, 6.07) is 13.0. The number of amides is 1. The van der Waals surface area contributed by atoms with Crippen molar-refractivity contribution in [3.63, 3.8) is 0 Å². The molecule has 0 fully saturated rings. The van der Waals surface area contributed by atoms with Crippen LogP contribution in [0.1, 0.15) is 82.8 Å². The van der Waals surface area contributed by atoms with Gasteiger partial charge in [0.05, 0.1) is 41.9 Å². The number of para-hydroxylation sites is 1. The molecule has 1 aliphatic carbocycles. The number of benzene rings is 2. The van der Waals surface area contributed by atoms with E-state index in [1.807, 2.05) is 45.4 Å². The second-order valence-electron chi connectivity index (χ2n) is 14.4. The summed E-state index contributed by atoms with van der Waals surface area (Å²) in [6.07, 6.45) is 6.30. The summed E-state index contributed by atoms with van der Waals surface area (Å²) < 4.78 is 37.8. The SMILES string of the molecule is CC[C@@H]1CN(Cc2cc([C@H](C(C)(C)C(=O)Nc3cnc(CN)nc3)C3(C)CC=c4c(nnn4CC)=C3C)ccc2C)S(=O)(=O)c2ccccc2O1. The molecule has 1 amide bonds. The second kappa shape index (κ2) is 13.9. The largest absolute Gasteiger partial charge is 0.488 e. The van der Waals surface area contributed by atoms with E-state index >= 15 is 0 Å². The molecule has 0 saturated heterocycles. The molecule has 270 valence electrons.